The molecule has 250 valence electrons. The molecule has 4 aromatic rings. The van der Waals surface area contributed by atoms with Crippen molar-refractivity contribution < 1.29 is 13.5 Å². The van der Waals surface area contributed by atoms with E-state index in [-0.39, 0.29) is 16.5 Å². The summed E-state index contributed by atoms with van der Waals surface area (Å²) in [5.41, 5.74) is 3.57. The topological polar surface area (TPSA) is 99.3 Å². The van der Waals surface area contributed by atoms with Gasteiger partial charge in [0.15, 0.2) is 0 Å². The van der Waals surface area contributed by atoms with Crippen LogP contribution >= 0.6 is 11.3 Å². The number of nitriles is 1. The molecule has 3 aliphatic carbocycles. The number of nitrogens with zero attached hydrogens (tertiary/aromatic N) is 6. The van der Waals surface area contributed by atoms with Crippen LogP contribution in [0.15, 0.2) is 41.0 Å². The number of ether oxygens (including phenoxy) is 1. The lowest BCUT2D eigenvalue weighted by Crippen LogP contribution is -2.54. The monoisotopic (exact) mass is 669 g/mol. The number of thiophene rings is 1. The molecule has 3 heterocycles. The predicted molar refractivity (Wildman–Crippen MR) is 189 cm³/mol. The molecule has 3 aromatic heterocycles. The van der Waals surface area contributed by atoms with Gasteiger partial charge in [-0.25, -0.2) is 8.78 Å². The van der Waals surface area contributed by atoms with Gasteiger partial charge in [0.2, 0.25) is 0 Å². The van der Waals surface area contributed by atoms with Gasteiger partial charge < -0.3 is 15.0 Å². The number of allylic oxidation sites excluding steroid dienone is 2. The van der Waals surface area contributed by atoms with Crippen molar-refractivity contribution in [2.24, 2.45) is 10.4 Å². The molecule has 3 aliphatic rings. The number of likely N-dealkylation sites (N-methyl/N-ethyl adjacent to an activating group) is 1. The molecule has 1 N–H and O–H groups in total. The van der Waals surface area contributed by atoms with Crippen molar-refractivity contribution in [1.29, 1.82) is 5.26 Å². The summed E-state index contributed by atoms with van der Waals surface area (Å²) in [5.74, 6) is 0.237. The zero-order chi connectivity index (χ0) is 33.5. The Labute approximate surface area is 284 Å². The maximum absolute atomic E-state index is 14.9. The first-order valence-corrected chi connectivity index (χ1v) is 17.7. The van der Waals surface area contributed by atoms with E-state index in [1.165, 1.54) is 18.1 Å². The minimum atomic E-state index is -0.677. The summed E-state index contributed by atoms with van der Waals surface area (Å²) in [7, 11) is 4.24. The largest absolute Gasteiger partial charge is 0.463 e. The molecule has 48 heavy (non-hydrogen) atoms. The van der Waals surface area contributed by atoms with Crippen LogP contribution in [-0.4, -0.2) is 65.5 Å². The predicted octanol–water partition coefficient (Wildman–Crippen LogP) is 8.92. The van der Waals surface area contributed by atoms with Crippen molar-refractivity contribution in [3.8, 4) is 23.3 Å². The van der Waals surface area contributed by atoms with Crippen molar-refractivity contribution in [3.05, 3.63) is 47.4 Å². The summed E-state index contributed by atoms with van der Waals surface area (Å²) in [5, 5.41) is 15.2. The fraction of sp³-hybridized carbons (Fsp3) is 0.486. The lowest BCUT2D eigenvalue weighted by atomic mass is 9.75. The van der Waals surface area contributed by atoms with Gasteiger partial charge >= 0.3 is 6.01 Å². The molecule has 1 atom stereocenters. The number of benzene rings is 1. The standard InChI is InChI=1S/C37H41F2N7OS/c1-41-34-26(19-40)31-25(10-11-28(39)32(31)48-34)29-18-30-27(20-42-29)33(43-21-37(46(2)3)13-5-14-37)45-35(44-30)47-22-36(16-17-36)15-12-23-6-4-7-24(38)9-8-23/h10-12,18,20,24H,1,4-9,13-17,21-22H2,2-3H3,(H,43,44,45)/b23-12-. The van der Waals surface area contributed by atoms with Crippen LogP contribution in [0.1, 0.15) is 76.2 Å². The Kier molecular flexibility index (Phi) is 8.90. The number of hydrogen-bond acceptors (Lipinski definition) is 9. The second kappa shape index (κ2) is 13.1. The molecule has 0 radical (unpaired) electrons. The number of halogens is 2. The number of nitrogens with one attached hydrogen (secondary N) is 1. The fourth-order valence-corrected chi connectivity index (χ4v) is 8.07. The van der Waals surface area contributed by atoms with Gasteiger partial charge in [0.1, 0.15) is 28.9 Å². The number of fused-ring (bicyclic) bond motifs is 2. The van der Waals surface area contributed by atoms with Gasteiger partial charge in [0.25, 0.3) is 0 Å². The molecule has 3 fully saturated rings. The molecule has 1 aromatic carbocycles. The van der Waals surface area contributed by atoms with E-state index < -0.39 is 12.0 Å². The molecule has 0 saturated heterocycles. The van der Waals surface area contributed by atoms with Gasteiger partial charge in [-0.3, -0.25) is 9.98 Å². The maximum atomic E-state index is 14.9. The summed E-state index contributed by atoms with van der Waals surface area (Å²) in [6.07, 6.45) is 13.9. The van der Waals surface area contributed by atoms with Gasteiger partial charge in [-0.2, -0.15) is 15.2 Å². The zero-order valence-corrected chi connectivity index (χ0v) is 28.4. The summed E-state index contributed by atoms with van der Waals surface area (Å²) in [4.78, 5) is 20.7. The Bertz CT molecular complexity index is 1940. The van der Waals surface area contributed by atoms with E-state index in [1.807, 2.05) is 6.07 Å². The minimum Gasteiger partial charge on any atom is -0.463 e. The number of rotatable bonds is 11. The number of aromatic nitrogens is 3. The van der Waals surface area contributed by atoms with E-state index in [1.54, 1.807) is 12.3 Å². The molecule has 1 unspecified atom stereocenters. The number of hydrogen-bond donors (Lipinski definition) is 1. The van der Waals surface area contributed by atoms with Crippen molar-refractivity contribution in [3.63, 3.8) is 0 Å². The SMILES string of the molecule is C=Nc1sc2c(F)ccc(-c3cc4nc(OCC5(C/C=C6/CCCC(F)CC6)CC5)nc(NCC5(N(C)C)CCC5)c4cn3)c2c1C#N. The average molecular weight is 670 g/mol. The molecule has 8 nitrogen and oxygen atoms in total. The van der Waals surface area contributed by atoms with Crippen LogP contribution in [0, 0.1) is 22.6 Å². The minimum absolute atomic E-state index is 0.0495. The van der Waals surface area contributed by atoms with Crippen LogP contribution in [-0.2, 0) is 0 Å². The second-order valence-electron chi connectivity index (χ2n) is 14.0. The van der Waals surface area contributed by atoms with Gasteiger partial charge in [-0.1, -0.05) is 11.6 Å². The fourth-order valence-electron chi connectivity index (χ4n) is 7.08. The molecule has 0 amide bonds. The third-order valence-electron chi connectivity index (χ3n) is 10.8. The van der Waals surface area contributed by atoms with Crippen molar-refractivity contribution in [2.45, 2.75) is 82.3 Å². The van der Waals surface area contributed by atoms with Crippen LogP contribution in [0.4, 0.5) is 19.6 Å². The third-order valence-corrected chi connectivity index (χ3v) is 11.9. The van der Waals surface area contributed by atoms with Gasteiger partial charge in [-0.15, -0.1) is 11.3 Å². The Morgan fingerprint density at radius 1 is 1.19 bits per heavy atom. The molecule has 0 spiro atoms. The quantitative estimate of drug-likeness (QED) is 0.0967. The molecular weight excluding hydrogens is 629 g/mol. The molecule has 7 rings (SSSR count). The molecule has 0 aliphatic heterocycles. The first-order chi connectivity index (χ1) is 23.2. The number of anilines is 1. The van der Waals surface area contributed by atoms with E-state index in [2.05, 4.69) is 48.2 Å². The van der Waals surface area contributed by atoms with Crippen molar-refractivity contribution >= 4 is 49.9 Å². The van der Waals surface area contributed by atoms with Gasteiger partial charge in [0, 0.05) is 34.6 Å². The zero-order valence-electron chi connectivity index (χ0n) is 27.6. The Morgan fingerprint density at radius 2 is 2.02 bits per heavy atom. The highest BCUT2D eigenvalue weighted by Gasteiger charge is 2.43. The van der Waals surface area contributed by atoms with E-state index >= 15 is 0 Å². The molecule has 11 heteroatoms. The first kappa shape index (κ1) is 32.5. The Hall–Kier alpha value is -4.01. The maximum Gasteiger partial charge on any atom is 0.318 e. The van der Waals surface area contributed by atoms with Crippen molar-refractivity contribution in [1.82, 2.24) is 19.9 Å². The highest BCUT2D eigenvalue weighted by atomic mass is 32.1. The number of aliphatic imine (C=N–C) groups is 1. The summed E-state index contributed by atoms with van der Waals surface area (Å²) in [6, 6.07) is 7.37. The normalized spacial score (nSPS) is 20.8. The van der Waals surface area contributed by atoms with Crippen molar-refractivity contribution in [2.75, 3.05) is 32.6 Å². The first-order valence-electron chi connectivity index (χ1n) is 16.9. The van der Waals surface area contributed by atoms with Gasteiger partial charge in [0.05, 0.1) is 33.5 Å². The number of alkyl halides is 1. The third kappa shape index (κ3) is 6.28. The summed E-state index contributed by atoms with van der Waals surface area (Å²) >= 11 is 1.11. The lowest BCUT2D eigenvalue weighted by Gasteiger charge is -2.47. The van der Waals surface area contributed by atoms with Crippen LogP contribution in [0.5, 0.6) is 6.01 Å². The molecule has 0 bridgehead atoms. The van der Waals surface area contributed by atoms with E-state index in [0.29, 0.717) is 63.1 Å². The van der Waals surface area contributed by atoms with E-state index in [4.69, 9.17) is 19.7 Å². The molecule has 3 saturated carbocycles. The molecular formula is C37H41F2N7OS. The smallest absolute Gasteiger partial charge is 0.318 e. The average Bonchev–Trinajstić information content (AvgIpc) is 3.78. The summed E-state index contributed by atoms with van der Waals surface area (Å²) < 4.78 is 35.5. The van der Waals surface area contributed by atoms with E-state index in [0.717, 1.165) is 74.6 Å². The summed E-state index contributed by atoms with van der Waals surface area (Å²) in [6.45, 7) is 4.80. The Balaban J connectivity index is 1.21. The van der Waals surface area contributed by atoms with Crippen LogP contribution < -0.4 is 10.1 Å². The lowest BCUT2D eigenvalue weighted by molar-refractivity contribution is 0.0738. The van der Waals surface area contributed by atoms with Crippen LogP contribution in [0.2, 0.25) is 0 Å². The van der Waals surface area contributed by atoms with Gasteiger partial charge in [-0.05, 0) is 110 Å². The number of pyridine rings is 1. The van der Waals surface area contributed by atoms with E-state index in [9.17, 15) is 14.0 Å². The highest BCUT2D eigenvalue weighted by molar-refractivity contribution is 7.23. The Morgan fingerprint density at radius 3 is 2.73 bits per heavy atom. The highest BCUT2D eigenvalue weighted by Crippen LogP contribution is 2.50. The second-order valence-corrected chi connectivity index (χ2v) is 15.0. The van der Waals surface area contributed by atoms with Crippen LogP contribution in [0.25, 0.3) is 32.2 Å². The van der Waals surface area contributed by atoms with Crippen LogP contribution in [0.3, 0.4) is 0 Å².